The van der Waals surface area contributed by atoms with E-state index in [0.29, 0.717) is 22.8 Å². The molecule has 2 unspecified atom stereocenters. The third-order valence-corrected chi connectivity index (χ3v) is 5.61. The maximum Gasteiger partial charge on any atom is 0.414 e. The molecule has 11 heteroatoms. The van der Waals surface area contributed by atoms with Gasteiger partial charge < -0.3 is 15.0 Å². The summed E-state index contributed by atoms with van der Waals surface area (Å²) in [6, 6.07) is 7.35. The van der Waals surface area contributed by atoms with Crippen molar-refractivity contribution >= 4 is 16.9 Å². The number of carbonyl (C=O) groups is 1. The molecule has 2 saturated carbocycles. The number of nitrogens with zero attached hydrogens (tertiary/aromatic N) is 2. The van der Waals surface area contributed by atoms with Crippen LogP contribution in [-0.2, 0) is 22.5 Å². The van der Waals surface area contributed by atoms with E-state index in [0.717, 1.165) is 25.3 Å². The normalized spacial score (nSPS) is 20.6. The van der Waals surface area contributed by atoms with E-state index in [1.54, 1.807) is 25.1 Å². The maximum absolute atomic E-state index is 12.9. The first-order valence-corrected chi connectivity index (χ1v) is 11.1. The van der Waals surface area contributed by atoms with Gasteiger partial charge in [0.2, 0.25) is 5.91 Å². The molecule has 1 amide bonds. The van der Waals surface area contributed by atoms with Gasteiger partial charge in [-0.1, -0.05) is 6.07 Å². The van der Waals surface area contributed by atoms with E-state index in [4.69, 9.17) is 10.00 Å². The van der Waals surface area contributed by atoms with Gasteiger partial charge in [0.25, 0.3) is 5.92 Å². The van der Waals surface area contributed by atoms with Crippen molar-refractivity contribution in [2.75, 3.05) is 0 Å². The van der Waals surface area contributed by atoms with Crippen molar-refractivity contribution in [3.63, 3.8) is 0 Å². The molecule has 0 saturated heterocycles. The van der Waals surface area contributed by atoms with Crippen LogP contribution in [0.3, 0.4) is 0 Å². The molecule has 1 aromatic carbocycles. The first-order chi connectivity index (χ1) is 15.9. The zero-order valence-electron chi connectivity index (χ0n) is 18.9. The van der Waals surface area contributed by atoms with E-state index >= 15 is 0 Å². The number of hydrogen-bond acceptors (Lipinski definition) is 4. The van der Waals surface area contributed by atoms with Crippen LogP contribution >= 0.6 is 0 Å². The Kier molecular flexibility index (Phi) is 7.81. The quantitative estimate of drug-likeness (QED) is 0.512. The SMILES string of the molecule is CC(O[C@H](C)Cc1nc2ccc(CNC(=O)CC3CC3(F)F)cc2[nH]1)C(F)(F)F.N#CC1CC1. The number of aromatic nitrogens is 2. The molecule has 186 valence electrons. The average molecular weight is 486 g/mol. The van der Waals surface area contributed by atoms with Crippen LogP contribution < -0.4 is 5.32 Å². The smallest absolute Gasteiger partial charge is 0.366 e. The summed E-state index contributed by atoms with van der Waals surface area (Å²) in [6.45, 7) is 2.68. The summed E-state index contributed by atoms with van der Waals surface area (Å²) < 4.78 is 68.4. The monoisotopic (exact) mass is 486 g/mol. The predicted octanol–water partition coefficient (Wildman–Crippen LogP) is 5.04. The number of hydrogen-bond donors (Lipinski definition) is 2. The van der Waals surface area contributed by atoms with Crippen LogP contribution in [0.2, 0.25) is 0 Å². The molecule has 0 spiro atoms. The summed E-state index contributed by atoms with van der Waals surface area (Å²) in [5.74, 6) is -3.10. The molecular weight excluding hydrogens is 459 g/mol. The van der Waals surface area contributed by atoms with E-state index in [1.807, 2.05) is 0 Å². The number of ether oxygens (including phenoxy) is 1. The number of rotatable bonds is 8. The standard InChI is InChI=1S/C19H22F5N3O2.C4H5N/c1-10(29-11(2)19(22,23)24)5-16-26-14-4-3-12(6-15(14)27-16)9-25-17(28)7-13-8-18(13,20)21;5-3-4-1-2-4/h3-4,6,10-11,13H,5,7-9H2,1-2H3,(H,25,28)(H,26,27);4H,1-2H2/t10-,11?,13?;/m1./s1. The fourth-order valence-electron chi connectivity index (χ4n) is 3.26. The summed E-state index contributed by atoms with van der Waals surface area (Å²) in [6.07, 6.45) is -4.94. The molecule has 2 aliphatic carbocycles. The molecule has 0 bridgehead atoms. The highest BCUT2D eigenvalue weighted by molar-refractivity contribution is 5.78. The Bertz CT molecular complexity index is 1040. The summed E-state index contributed by atoms with van der Waals surface area (Å²) in [4.78, 5) is 19.1. The number of halogens is 5. The second-order valence-electron chi connectivity index (χ2n) is 8.92. The highest BCUT2D eigenvalue weighted by Gasteiger charge is 2.57. The number of imidazole rings is 1. The highest BCUT2D eigenvalue weighted by atomic mass is 19.4. The van der Waals surface area contributed by atoms with Crippen molar-refractivity contribution in [2.24, 2.45) is 11.8 Å². The van der Waals surface area contributed by atoms with Crippen LogP contribution in [0.1, 0.15) is 50.9 Å². The topological polar surface area (TPSA) is 90.8 Å². The molecule has 34 heavy (non-hydrogen) atoms. The van der Waals surface area contributed by atoms with Gasteiger partial charge in [-0.2, -0.15) is 18.4 Å². The van der Waals surface area contributed by atoms with Crippen molar-refractivity contribution in [1.29, 1.82) is 5.26 Å². The molecule has 2 fully saturated rings. The number of alkyl halides is 5. The van der Waals surface area contributed by atoms with Gasteiger partial charge in [0.05, 0.1) is 23.2 Å². The Balaban J connectivity index is 0.000000574. The van der Waals surface area contributed by atoms with E-state index in [2.05, 4.69) is 21.4 Å². The third kappa shape index (κ3) is 7.65. The van der Waals surface area contributed by atoms with Crippen LogP contribution in [0.5, 0.6) is 0 Å². The zero-order valence-corrected chi connectivity index (χ0v) is 18.9. The number of H-pyrrole nitrogens is 1. The highest BCUT2D eigenvalue weighted by Crippen LogP contribution is 2.50. The Morgan fingerprint density at radius 1 is 1.35 bits per heavy atom. The minimum absolute atomic E-state index is 0.177. The lowest BCUT2D eigenvalue weighted by Crippen LogP contribution is -2.32. The Hall–Kier alpha value is -2.74. The molecule has 1 heterocycles. The largest absolute Gasteiger partial charge is 0.414 e. The van der Waals surface area contributed by atoms with Crippen LogP contribution in [0.15, 0.2) is 18.2 Å². The summed E-state index contributed by atoms with van der Waals surface area (Å²) >= 11 is 0. The lowest BCUT2D eigenvalue weighted by Gasteiger charge is -2.20. The molecular formula is C23H27F5N4O2. The summed E-state index contributed by atoms with van der Waals surface area (Å²) in [7, 11) is 0. The van der Waals surface area contributed by atoms with E-state index in [1.165, 1.54) is 0 Å². The number of nitriles is 1. The van der Waals surface area contributed by atoms with E-state index in [-0.39, 0.29) is 25.8 Å². The van der Waals surface area contributed by atoms with Crippen molar-refractivity contribution in [3.8, 4) is 6.07 Å². The molecule has 4 rings (SSSR count). The molecule has 3 atom stereocenters. The Labute approximate surface area is 193 Å². The van der Waals surface area contributed by atoms with Gasteiger partial charge in [-0.25, -0.2) is 13.8 Å². The molecule has 2 aromatic rings. The molecule has 2 N–H and O–H groups in total. The van der Waals surface area contributed by atoms with Crippen molar-refractivity contribution < 1.29 is 31.5 Å². The fraction of sp³-hybridized carbons (Fsp3) is 0.609. The second kappa shape index (κ2) is 10.3. The average Bonchev–Trinajstić information content (AvgIpc) is 3.63. The lowest BCUT2D eigenvalue weighted by atomic mass is 10.2. The van der Waals surface area contributed by atoms with Crippen molar-refractivity contribution in [3.05, 3.63) is 29.6 Å². The molecule has 6 nitrogen and oxygen atoms in total. The summed E-state index contributed by atoms with van der Waals surface area (Å²) in [5.41, 5.74) is 2.04. The first kappa shape index (κ1) is 25.9. The van der Waals surface area contributed by atoms with Crippen LogP contribution in [-0.4, -0.2) is 40.2 Å². The number of benzene rings is 1. The van der Waals surface area contributed by atoms with E-state index < -0.39 is 36.1 Å². The first-order valence-electron chi connectivity index (χ1n) is 11.1. The minimum Gasteiger partial charge on any atom is -0.366 e. The van der Waals surface area contributed by atoms with E-state index in [9.17, 15) is 26.7 Å². The lowest BCUT2D eigenvalue weighted by molar-refractivity contribution is -0.224. The van der Waals surface area contributed by atoms with Crippen LogP contribution in [0, 0.1) is 23.2 Å². The van der Waals surface area contributed by atoms with Crippen molar-refractivity contribution in [2.45, 2.75) is 76.8 Å². The number of nitrogens with one attached hydrogen (secondary N) is 2. The number of fused-ring (bicyclic) bond motifs is 1. The van der Waals surface area contributed by atoms with Gasteiger partial charge in [-0.15, -0.1) is 0 Å². The van der Waals surface area contributed by atoms with Crippen molar-refractivity contribution in [1.82, 2.24) is 15.3 Å². The fourth-order valence-corrected chi connectivity index (χ4v) is 3.26. The van der Waals surface area contributed by atoms with Gasteiger partial charge in [0.1, 0.15) is 5.82 Å². The van der Waals surface area contributed by atoms with Crippen LogP contribution in [0.4, 0.5) is 22.0 Å². The zero-order chi connectivity index (χ0) is 25.1. The number of carbonyl (C=O) groups excluding carboxylic acids is 1. The number of aromatic amines is 1. The predicted molar refractivity (Wildman–Crippen MR) is 114 cm³/mol. The molecule has 1 aromatic heterocycles. The maximum atomic E-state index is 12.9. The van der Waals surface area contributed by atoms with Gasteiger partial charge in [-0.3, -0.25) is 4.79 Å². The number of amides is 1. The Morgan fingerprint density at radius 3 is 2.56 bits per heavy atom. The van der Waals surface area contributed by atoms with Crippen LogP contribution in [0.25, 0.3) is 11.0 Å². The molecule has 0 radical (unpaired) electrons. The molecule has 0 aliphatic heterocycles. The minimum atomic E-state index is -4.42. The van der Waals surface area contributed by atoms with Gasteiger partial charge in [0.15, 0.2) is 6.10 Å². The van der Waals surface area contributed by atoms with Gasteiger partial charge >= 0.3 is 6.18 Å². The van der Waals surface area contributed by atoms with Gasteiger partial charge in [0, 0.05) is 37.6 Å². The third-order valence-electron chi connectivity index (χ3n) is 5.61. The molecule has 2 aliphatic rings. The van der Waals surface area contributed by atoms with Gasteiger partial charge in [-0.05, 0) is 44.4 Å². The summed E-state index contributed by atoms with van der Waals surface area (Å²) in [5, 5.41) is 10.6. The second-order valence-corrected chi connectivity index (χ2v) is 8.92. The Morgan fingerprint density at radius 2 is 2.03 bits per heavy atom.